The molecule has 8 nitrogen and oxygen atoms in total. The normalized spacial score (nSPS) is 8.73. The summed E-state index contributed by atoms with van der Waals surface area (Å²) >= 11 is 0. The van der Waals surface area contributed by atoms with Gasteiger partial charge in [-0.15, -0.1) is 32.8 Å². The Morgan fingerprint density at radius 2 is 1.24 bits per heavy atom. The molecular weight excluding hydrogens is 689 g/mol. The summed E-state index contributed by atoms with van der Waals surface area (Å²) < 4.78 is 9.41. The van der Waals surface area contributed by atoms with Gasteiger partial charge in [0, 0.05) is 6.61 Å². The van der Waals surface area contributed by atoms with Crippen molar-refractivity contribution in [2.45, 2.75) is 72.0 Å². The largest absolute Gasteiger partial charge is 1.00 e. The van der Waals surface area contributed by atoms with Crippen LogP contribution in [0.3, 0.4) is 0 Å². The first kappa shape index (κ1) is 49.6. The number of nitrogens with zero attached hydrogens (tertiary/aromatic N) is 1. The van der Waals surface area contributed by atoms with Crippen LogP contribution in [0.15, 0.2) is 38.0 Å². The van der Waals surface area contributed by atoms with E-state index in [9.17, 15) is 9.59 Å². The van der Waals surface area contributed by atoms with E-state index in [4.69, 9.17) is 21.3 Å². The van der Waals surface area contributed by atoms with Gasteiger partial charge in [0.25, 0.3) is 0 Å². The molecule has 11 heteroatoms. The number of amides is 2. The van der Waals surface area contributed by atoms with Gasteiger partial charge in [-0.1, -0.05) is 31.1 Å². The van der Waals surface area contributed by atoms with Crippen molar-refractivity contribution in [3.63, 3.8) is 0 Å². The molecule has 0 aromatic heterocycles. The third-order valence-electron chi connectivity index (χ3n) is 2.05. The van der Waals surface area contributed by atoms with Gasteiger partial charge in [0.05, 0.1) is 0 Å². The van der Waals surface area contributed by atoms with E-state index in [1.165, 1.54) is 0 Å². The van der Waals surface area contributed by atoms with Crippen molar-refractivity contribution in [2.24, 2.45) is 0 Å². The maximum Gasteiger partial charge on any atom is 1.00 e. The van der Waals surface area contributed by atoms with Crippen LogP contribution in [0.2, 0.25) is 0 Å². The van der Waals surface area contributed by atoms with E-state index < -0.39 is 23.4 Å². The van der Waals surface area contributed by atoms with Crippen LogP contribution >= 0.6 is 0 Å². The van der Waals surface area contributed by atoms with Gasteiger partial charge < -0.3 is 31.4 Å². The van der Waals surface area contributed by atoms with Gasteiger partial charge in [-0.2, -0.15) is 0 Å². The van der Waals surface area contributed by atoms with Crippen molar-refractivity contribution in [3.05, 3.63) is 54.7 Å². The first-order chi connectivity index (χ1) is 13.7. The number of aliphatic hydroxyl groups is 1. The summed E-state index contributed by atoms with van der Waals surface area (Å²) in [5, 5.41) is 11.7. The molecule has 33 heavy (non-hydrogen) atoms. The van der Waals surface area contributed by atoms with Crippen molar-refractivity contribution >= 4 is 12.2 Å². The van der Waals surface area contributed by atoms with Gasteiger partial charge >= 0.3 is 58.4 Å². The van der Waals surface area contributed by atoms with Gasteiger partial charge in [0.2, 0.25) is 12.2 Å². The fourth-order valence-electron chi connectivity index (χ4n) is 1.01. The summed E-state index contributed by atoms with van der Waals surface area (Å²) in [6.07, 6.45) is 5.90. The zero-order valence-corrected chi connectivity index (χ0v) is 25.9. The van der Waals surface area contributed by atoms with Crippen LogP contribution in [0.5, 0.6) is 0 Å². The van der Waals surface area contributed by atoms with E-state index in [0.717, 1.165) is 6.42 Å². The van der Waals surface area contributed by atoms with E-state index in [0.29, 0.717) is 25.9 Å². The second kappa shape index (κ2) is 33.7. The second-order valence-corrected chi connectivity index (χ2v) is 7.57. The fraction of sp³-hybridized carbons (Fsp3) is 0.636. The Morgan fingerprint density at radius 1 is 0.848 bits per heavy atom. The average molecular weight is 732 g/mol. The van der Waals surface area contributed by atoms with E-state index in [1.54, 1.807) is 39.0 Å². The average Bonchev–Trinajstić information content (AvgIpc) is 2.54. The summed E-state index contributed by atoms with van der Waals surface area (Å²) in [5.74, 6) is 0. The van der Waals surface area contributed by atoms with Crippen LogP contribution in [0.25, 0.3) is 16.8 Å². The molecule has 0 aromatic carbocycles. The molecule has 0 aromatic rings. The van der Waals surface area contributed by atoms with Crippen molar-refractivity contribution in [1.29, 1.82) is 0 Å². The first-order valence-electron chi connectivity index (χ1n) is 9.63. The molecule has 3 N–H and O–H groups in total. The maximum atomic E-state index is 10.9. The van der Waals surface area contributed by atoms with E-state index in [1.807, 2.05) is 20.8 Å². The molecule has 0 aliphatic rings. The second-order valence-electron chi connectivity index (χ2n) is 7.57. The van der Waals surface area contributed by atoms with Gasteiger partial charge in [-0.3, -0.25) is 9.59 Å². The van der Waals surface area contributed by atoms with Gasteiger partial charge in [0.15, 0.2) is 0 Å². The number of carbonyl (C=O) groups is 2. The summed E-state index contributed by atoms with van der Waals surface area (Å²) in [7, 11) is 0. The molecule has 199 valence electrons. The number of hydrogen-bond donors (Lipinski definition) is 1. The number of hydrogen-bond acceptors (Lipinski definition) is 5. The Balaban J connectivity index is -0.0000000567. The van der Waals surface area contributed by atoms with Crippen LogP contribution < -0.4 is 0 Å². The van der Waals surface area contributed by atoms with E-state index >= 15 is 0 Å². The van der Waals surface area contributed by atoms with Crippen molar-refractivity contribution in [1.82, 2.24) is 0 Å². The monoisotopic (exact) mass is 734 g/mol. The minimum atomic E-state index is -0.975. The zero-order valence-electron chi connectivity index (χ0n) is 20.7. The van der Waals surface area contributed by atoms with Crippen molar-refractivity contribution in [2.75, 3.05) is 19.7 Å². The van der Waals surface area contributed by atoms with Crippen LogP contribution in [0.1, 0.15) is 60.8 Å². The number of carbonyl (C=O) groups excluding carboxylic acids is 2. The first-order valence-corrected chi connectivity index (χ1v) is 9.63. The Kier molecular flexibility index (Phi) is 50.7. The molecule has 0 unspecified atom stereocenters. The quantitative estimate of drug-likeness (QED) is 0.171. The number of nitrogens with one attached hydrogen (secondary N) is 2. The zero-order chi connectivity index (χ0) is 24.6. The predicted octanol–water partition coefficient (Wildman–Crippen LogP) is 7.01. The van der Waals surface area contributed by atoms with Crippen LogP contribution in [0.4, 0.5) is 9.59 Å². The van der Waals surface area contributed by atoms with E-state index in [-0.39, 0.29) is 65.0 Å². The minimum Gasteiger partial charge on any atom is -0.677 e. The third kappa shape index (κ3) is 80.1. The summed E-state index contributed by atoms with van der Waals surface area (Å²) in [5.41, 5.74) is 11.9. The van der Waals surface area contributed by atoms with Crippen LogP contribution in [0, 0.1) is 0 Å². The molecule has 0 saturated heterocycles. The molecular formula is C22H42N3O5Ru3. The van der Waals surface area contributed by atoms with Crippen molar-refractivity contribution in [3.8, 4) is 0 Å². The molecule has 0 bridgehead atoms. The molecule has 0 spiro atoms. The minimum absolute atomic E-state index is 0. The molecule has 0 rings (SSSR count). The predicted molar refractivity (Wildman–Crippen MR) is 126 cm³/mol. The molecule has 0 saturated carbocycles. The molecule has 0 heterocycles. The summed E-state index contributed by atoms with van der Waals surface area (Å²) in [6, 6.07) is 0. The maximum absolute atomic E-state index is 10.9. The Hall–Kier alpha value is -0.450. The molecule has 2 amide bonds. The topological polar surface area (TPSA) is 135 Å². The van der Waals surface area contributed by atoms with Gasteiger partial charge in [-0.05, 0) is 48.0 Å². The van der Waals surface area contributed by atoms with Crippen molar-refractivity contribution < 1.29 is 82.6 Å². The van der Waals surface area contributed by atoms with Crippen LogP contribution in [-0.4, -0.2) is 48.2 Å². The number of ether oxygens (including phenoxy) is 2. The standard InChI is InChI=1S/C9H17NO2.C5H11NO2.C4H8N.C4H8O.3Ru/c1-5-6-7-10-8(11)12-9(2,3)4;1-5(2,3)8-4(6)7;2*1-2-3-4-5;;;/h5H,1,6-7H2,2-4H3,(H,10,11);1-3H3,(H2,6,7);2*2,5H,1,3-4H2;;;/q;;-1;;3*+1/p-2. The Morgan fingerprint density at radius 3 is 1.39 bits per heavy atom. The van der Waals surface area contributed by atoms with Gasteiger partial charge in [0.1, 0.15) is 11.2 Å². The number of aliphatic hydroxyl groups excluding tert-OH is 1. The molecule has 0 aliphatic heterocycles. The van der Waals surface area contributed by atoms with Gasteiger partial charge in [-0.25, -0.2) is 0 Å². The Labute approximate surface area is 240 Å². The molecule has 0 atom stereocenters. The smallest absolute Gasteiger partial charge is 0.677 e. The molecule has 0 aliphatic carbocycles. The summed E-state index contributed by atoms with van der Waals surface area (Å²) in [4.78, 5) is 20.8. The summed E-state index contributed by atoms with van der Waals surface area (Å²) in [6.45, 7) is 22.1. The van der Waals surface area contributed by atoms with E-state index in [2.05, 4.69) is 29.8 Å². The SMILES string of the molecule is C=CCCO.C=CCC[N-]C(=O)OC(C)(C)C.C=CCC[NH-].CC(C)(C)OC([NH-])=O.[Ru+].[Ru+].[Ru+]. The molecule has 0 fully saturated rings. The van der Waals surface area contributed by atoms with Crippen LogP contribution in [-0.2, 0) is 67.9 Å². The third-order valence-corrected chi connectivity index (χ3v) is 2.05. The fourth-order valence-corrected chi connectivity index (χ4v) is 1.01. The number of rotatable bonds is 7. The Bertz CT molecular complexity index is 457. The molecule has 3 radical (unpaired) electrons.